The van der Waals surface area contributed by atoms with E-state index in [0.29, 0.717) is 12.6 Å². The summed E-state index contributed by atoms with van der Waals surface area (Å²) in [5.41, 5.74) is 0. The zero-order chi connectivity index (χ0) is 8.85. The highest BCUT2D eigenvalue weighted by Gasteiger charge is 2.22. The van der Waals surface area contributed by atoms with E-state index >= 15 is 0 Å². The monoisotopic (exact) mass is 179 g/mol. The number of thiol groups is 1. The van der Waals surface area contributed by atoms with Gasteiger partial charge in [0, 0.05) is 19.1 Å². The average Bonchev–Trinajstić information content (AvgIpc) is 2.40. The van der Waals surface area contributed by atoms with Crippen molar-refractivity contribution in [3.8, 4) is 0 Å². The number of rotatable bonds is 1. The Kier molecular flexibility index (Phi) is 5.96. The van der Waals surface area contributed by atoms with E-state index in [2.05, 4.69) is 31.4 Å². The maximum Gasteiger partial charge on any atom is 0.114 e. The average molecular weight is 179 g/mol. The predicted molar refractivity (Wildman–Crippen MR) is 51.1 cm³/mol. The van der Waals surface area contributed by atoms with Gasteiger partial charge in [-0.05, 0) is 26.5 Å². The topological polar surface area (TPSA) is 3.24 Å². The summed E-state index contributed by atoms with van der Waals surface area (Å²) in [7, 11) is 0. The number of hydrogen-bond acceptors (Lipinski definition) is 2. The molecule has 1 aliphatic rings. The van der Waals surface area contributed by atoms with Gasteiger partial charge in [-0.15, -0.1) is 0 Å². The molecule has 0 spiro atoms. The quantitative estimate of drug-likeness (QED) is 0.602. The molecule has 1 rings (SSSR count). The van der Waals surface area contributed by atoms with Crippen LogP contribution in [0.1, 0.15) is 20.3 Å². The molecular weight excluding hydrogens is 161 g/mol. The first-order valence-electron chi connectivity index (χ1n) is 4.03. The van der Waals surface area contributed by atoms with Gasteiger partial charge in [0.05, 0.1) is 0 Å². The van der Waals surface area contributed by atoms with Gasteiger partial charge in [0.25, 0.3) is 0 Å². The van der Waals surface area contributed by atoms with Gasteiger partial charge >= 0.3 is 0 Å². The first-order chi connectivity index (χ1) is 5.20. The van der Waals surface area contributed by atoms with Crippen molar-refractivity contribution in [3.63, 3.8) is 0 Å². The number of nitrogens with zero attached hydrogens (tertiary/aromatic N) is 1. The maximum atomic E-state index is 12.5. The van der Waals surface area contributed by atoms with Crippen LogP contribution in [0, 0.1) is 0 Å². The van der Waals surface area contributed by atoms with Crippen molar-refractivity contribution in [1.82, 2.24) is 4.90 Å². The van der Waals surface area contributed by atoms with Gasteiger partial charge in [-0.25, -0.2) is 4.39 Å². The fourth-order valence-electron chi connectivity index (χ4n) is 1.21. The molecular formula is C8H18FNS. The van der Waals surface area contributed by atoms with Gasteiger partial charge < -0.3 is 0 Å². The van der Waals surface area contributed by atoms with E-state index in [4.69, 9.17) is 0 Å². The highest BCUT2D eigenvalue weighted by molar-refractivity contribution is 7.79. The molecule has 0 aromatic rings. The van der Waals surface area contributed by atoms with Crippen molar-refractivity contribution < 1.29 is 4.39 Å². The minimum absolute atomic E-state index is 0.519. The summed E-state index contributed by atoms with van der Waals surface area (Å²) in [6.07, 6.45) is 1.87. The lowest BCUT2D eigenvalue weighted by Gasteiger charge is -2.18. The molecule has 1 aliphatic heterocycles. The van der Waals surface area contributed by atoms with E-state index in [0.717, 1.165) is 13.0 Å². The zero-order valence-corrected chi connectivity index (χ0v) is 8.44. The number of halogens is 1. The van der Waals surface area contributed by atoms with E-state index in [1.165, 1.54) is 0 Å². The molecule has 1 heterocycles. The number of hydrogen-bond donors (Lipinski definition) is 1. The molecule has 68 valence electrons. The second kappa shape index (κ2) is 5.84. The van der Waals surface area contributed by atoms with Gasteiger partial charge in [-0.3, -0.25) is 4.90 Å². The highest BCUT2D eigenvalue weighted by Crippen LogP contribution is 2.14. The Hall–Kier alpha value is 0.240. The van der Waals surface area contributed by atoms with E-state index in [9.17, 15) is 4.39 Å². The van der Waals surface area contributed by atoms with Gasteiger partial charge in [0.1, 0.15) is 6.17 Å². The molecule has 0 aromatic carbocycles. The molecule has 0 aliphatic carbocycles. The van der Waals surface area contributed by atoms with Crippen LogP contribution in [0.4, 0.5) is 4.39 Å². The van der Waals surface area contributed by atoms with E-state index < -0.39 is 6.17 Å². The minimum atomic E-state index is -0.563. The van der Waals surface area contributed by atoms with E-state index in [-0.39, 0.29) is 0 Å². The summed E-state index contributed by atoms with van der Waals surface area (Å²) >= 11 is 3.53. The van der Waals surface area contributed by atoms with Crippen LogP contribution in [0.15, 0.2) is 0 Å². The first kappa shape index (κ1) is 11.2. The molecule has 3 heteroatoms. The zero-order valence-electron chi connectivity index (χ0n) is 7.55. The van der Waals surface area contributed by atoms with Crippen LogP contribution in [0.3, 0.4) is 0 Å². The van der Waals surface area contributed by atoms with Gasteiger partial charge in [-0.2, -0.15) is 12.6 Å². The third-order valence-corrected chi connectivity index (χ3v) is 1.89. The van der Waals surface area contributed by atoms with Crippen molar-refractivity contribution in [2.75, 3.05) is 19.3 Å². The van der Waals surface area contributed by atoms with Crippen molar-refractivity contribution >= 4 is 12.6 Å². The highest BCUT2D eigenvalue weighted by atomic mass is 32.1. The van der Waals surface area contributed by atoms with Crippen molar-refractivity contribution in [2.45, 2.75) is 32.5 Å². The van der Waals surface area contributed by atoms with Crippen LogP contribution in [-0.4, -0.2) is 36.5 Å². The molecule has 0 bridgehead atoms. The second-order valence-corrected chi connectivity index (χ2v) is 2.97. The van der Waals surface area contributed by atoms with Gasteiger partial charge in [0.2, 0.25) is 0 Å². The van der Waals surface area contributed by atoms with E-state index in [1.807, 2.05) is 0 Å². The summed E-state index contributed by atoms with van der Waals surface area (Å²) in [5.74, 6) is 0. The van der Waals surface area contributed by atoms with Crippen molar-refractivity contribution in [1.29, 1.82) is 0 Å². The summed E-state index contributed by atoms with van der Waals surface area (Å²) in [6.45, 7) is 5.81. The lowest BCUT2D eigenvalue weighted by molar-refractivity contribution is 0.246. The Morgan fingerprint density at radius 2 is 2.00 bits per heavy atom. The molecule has 0 radical (unpaired) electrons. The minimum Gasteiger partial charge on any atom is -0.298 e. The Morgan fingerprint density at radius 1 is 1.45 bits per heavy atom. The summed E-state index contributed by atoms with van der Waals surface area (Å²) in [6, 6.07) is 0.519. The number of likely N-dealkylation sites (tertiary alicyclic amines) is 1. The Labute approximate surface area is 74.4 Å². The largest absolute Gasteiger partial charge is 0.298 e. The van der Waals surface area contributed by atoms with Crippen LogP contribution >= 0.6 is 12.6 Å². The van der Waals surface area contributed by atoms with Crippen LogP contribution in [0.5, 0.6) is 0 Å². The second-order valence-electron chi connectivity index (χ2n) is 2.97. The standard InChI is InChI=1S/C7H14FN.CH4S/c1-6(2)9-4-3-7(8)5-9;1-2/h6-7H,3-5H2,1-2H3;2H,1H3. The molecule has 1 saturated heterocycles. The summed E-state index contributed by atoms with van der Waals surface area (Å²) in [5, 5.41) is 0. The van der Waals surface area contributed by atoms with Crippen molar-refractivity contribution in [2.24, 2.45) is 0 Å². The molecule has 1 fully saturated rings. The van der Waals surface area contributed by atoms with E-state index in [1.54, 1.807) is 6.26 Å². The normalized spacial score (nSPS) is 25.1. The Bertz CT molecular complexity index is 98.1. The molecule has 0 amide bonds. The van der Waals surface area contributed by atoms with Crippen LogP contribution in [0.2, 0.25) is 0 Å². The van der Waals surface area contributed by atoms with Crippen LogP contribution in [-0.2, 0) is 0 Å². The lowest BCUT2D eigenvalue weighted by atomic mass is 10.3. The maximum absolute atomic E-state index is 12.5. The summed E-state index contributed by atoms with van der Waals surface area (Å²) < 4.78 is 12.5. The SMILES string of the molecule is CC(C)N1CCC(F)C1.CS. The molecule has 11 heavy (non-hydrogen) atoms. The first-order valence-corrected chi connectivity index (χ1v) is 4.92. The molecule has 0 N–H and O–H groups in total. The fraction of sp³-hybridized carbons (Fsp3) is 1.00. The predicted octanol–water partition coefficient (Wildman–Crippen LogP) is 1.98. The third-order valence-electron chi connectivity index (χ3n) is 1.89. The van der Waals surface area contributed by atoms with Crippen molar-refractivity contribution in [3.05, 3.63) is 0 Å². The van der Waals surface area contributed by atoms with Gasteiger partial charge in [-0.1, -0.05) is 0 Å². The third kappa shape index (κ3) is 3.97. The molecule has 1 unspecified atom stereocenters. The molecule has 1 atom stereocenters. The fourth-order valence-corrected chi connectivity index (χ4v) is 1.21. The van der Waals surface area contributed by atoms with Crippen LogP contribution < -0.4 is 0 Å². The molecule has 1 nitrogen and oxygen atoms in total. The Morgan fingerprint density at radius 3 is 2.18 bits per heavy atom. The molecule has 0 aromatic heterocycles. The Balaban J connectivity index is 0.000000461. The lowest BCUT2D eigenvalue weighted by Crippen LogP contribution is -2.28. The molecule has 0 saturated carbocycles. The van der Waals surface area contributed by atoms with Crippen LogP contribution in [0.25, 0.3) is 0 Å². The van der Waals surface area contributed by atoms with Gasteiger partial charge in [0.15, 0.2) is 0 Å². The number of alkyl halides is 1. The summed E-state index contributed by atoms with van der Waals surface area (Å²) in [4.78, 5) is 2.17. The smallest absolute Gasteiger partial charge is 0.114 e.